The van der Waals surface area contributed by atoms with Crippen LogP contribution in [0.2, 0.25) is 0 Å². The fourth-order valence-corrected chi connectivity index (χ4v) is 3.33. The SMILES string of the molecule is CCC(CC)(COc1cc(C)c(BOC(C)(C)C(C)(C)O)cn1)CC(C)(C)C. The van der Waals surface area contributed by atoms with Crippen LogP contribution < -0.4 is 10.2 Å². The minimum atomic E-state index is -0.923. The molecule has 1 heterocycles. The maximum atomic E-state index is 10.2. The zero-order valence-corrected chi connectivity index (χ0v) is 19.9. The van der Waals surface area contributed by atoms with Crippen molar-refractivity contribution in [3.8, 4) is 5.88 Å². The first-order valence-electron chi connectivity index (χ1n) is 10.6. The Hall–Kier alpha value is -1.07. The topological polar surface area (TPSA) is 51.6 Å². The molecule has 0 unspecified atom stereocenters. The molecule has 0 radical (unpaired) electrons. The van der Waals surface area contributed by atoms with E-state index in [1.54, 1.807) is 13.8 Å². The second-order valence-electron chi connectivity index (χ2n) is 10.5. The zero-order valence-electron chi connectivity index (χ0n) is 19.9. The minimum Gasteiger partial charge on any atom is -0.477 e. The van der Waals surface area contributed by atoms with Gasteiger partial charge in [0.25, 0.3) is 0 Å². The second kappa shape index (κ2) is 9.17. The molecule has 28 heavy (non-hydrogen) atoms. The first-order valence-corrected chi connectivity index (χ1v) is 10.6. The van der Waals surface area contributed by atoms with Crippen LogP contribution in [0.1, 0.15) is 87.1 Å². The molecule has 0 aromatic carbocycles. The Kier molecular flexibility index (Phi) is 8.18. The Labute approximate surface area is 173 Å². The second-order valence-corrected chi connectivity index (χ2v) is 10.5. The lowest BCUT2D eigenvalue weighted by molar-refractivity contribution is -0.0893. The van der Waals surface area contributed by atoms with E-state index < -0.39 is 11.2 Å². The summed E-state index contributed by atoms with van der Waals surface area (Å²) in [6.07, 6.45) is 5.15. The lowest BCUT2D eigenvalue weighted by Crippen LogP contribution is -2.49. The molecule has 0 aliphatic rings. The Balaban J connectivity index is 2.81. The average molecular weight is 391 g/mol. The van der Waals surface area contributed by atoms with Gasteiger partial charge in [-0.15, -0.1) is 0 Å². The summed E-state index contributed by atoms with van der Waals surface area (Å²) in [6.45, 7) is 21.4. The summed E-state index contributed by atoms with van der Waals surface area (Å²) < 4.78 is 12.1. The van der Waals surface area contributed by atoms with Gasteiger partial charge in [-0.3, -0.25) is 0 Å². The number of aliphatic hydroxyl groups is 1. The van der Waals surface area contributed by atoms with E-state index in [1.807, 2.05) is 33.0 Å². The first-order chi connectivity index (χ1) is 12.6. The molecule has 0 saturated carbocycles. The number of aromatic nitrogens is 1. The Bertz CT molecular complexity index is 626. The third-order valence-electron chi connectivity index (χ3n) is 6.19. The third kappa shape index (κ3) is 7.07. The summed E-state index contributed by atoms with van der Waals surface area (Å²) >= 11 is 0. The molecule has 0 bridgehead atoms. The van der Waals surface area contributed by atoms with Crippen LogP contribution in [0.25, 0.3) is 0 Å². The predicted octanol–water partition coefficient (Wildman–Crippen LogP) is 4.55. The summed E-state index contributed by atoms with van der Waals surface area (Å²) in [5, 5.41) is 10.2. The lowest BCUT2D eigenvalue weighted by Gasteiger charge is -2.37. The molecule has 5 heteroatoms. The molecule has 0 aliphatic heterocycles. The van der Waals surface area contributed by atoms with Crippen LogP contribution in [0, 0.1) is 17.8 Å². The summed E-state index contributed by atoms with van der Waals surface area (Å²) in [5.41, 5.74) is 0.972. The maximum absolute atomic E-state index is 10.2. The van der Waals surface area contributed by atoms with E-state index in [4.69, 9.17) is 9.39 Å². The van der Waals surface area contributed by atoms with Crippen molar-refractivity contribution < 1.29 is 14.5 Å². The van der Waals surface area contributed by atoms with E-state index in [-0.39, 0.29) is 10.8 Å². The van der Waals surface area contributed by atoms with Crippen LogP contribution in [0.4, 0.5) is 0 Å². The van der Waals surface area contributed by atoms with Crippen molar-refractivity contribution in [1.29, 1.82) is 0 Å². The third-order valence-corrected chi connectivity index (χ3v) is 6.19. The molecule has 0 saturated heterocycles. The fourth-order valence-electron chi connectivity index (χ4n) is 3.33. The first kappa shape index (κ1) is 25.0. The summed E-state index contributed by atoms with van der Waals surface area (Å²) in [4.78, 5) is 4.51. The number of pyridine rings is 1. The van der Waals surface area contributed by atoms with Crippen molar-refractivity contribution in [2.24, 2.45) is 10.8 Å². The number of rotatable bonds is 10. The van der Waals surface area contributed by atoms with Gasteiger partial charge in [0.05, 0.1) is 17.8 Å². The van der Waals surface area contributed by atoms with Gasteiger partial charge < -0.3 is 14.5 Å². The Morgan fingerprint density at radius 1 is 1.04 bits per heavy atom. The number of nitrogens with zero attached hydrogens (tertiary/aromatic N) is 1. The molecule has 1 aromatic heterocycles. The van der Waals surface area contributed by atoms with Gasteiger partial charge in [-0.05, 0) is 70.3 Å². The molecule has 0 amide bonds. The average Bonchev–Trinajstić information content (AvgIpc) is 2.55. The molecule has 160 valence electrons. The van der Waals surface area contributed by atoms with E-state index in [0.29, 0.717) is 20.0 Å². The van der Waals surface area contributed by atoms with Gasteiger partial charge in [0.1, 0.15) is 0 Å². The van der Waals surface area contributed by atoms with Crippen molar-refractivity contribution in [3.63, 3.8) is 0 Å². The fraction of sp³-hybridized carbons (Fsp3) is 0.783. The predicted molar refractivity (Wildman–Crippen MR) is 120 cm³/mol. The van der Waals surface area contributed by atoms with Gasteiger partial charge >= 0.3 is 7.48 Å². The molecule has 0 aliphatic carbocycles. The van der Waals surface area contributed by atoms with E-state index in [0.717, 1.165) is 30.3 Å². The van der Waals surface area contributed by atoms with Crippen molar-refractivity contribution in [2.45, 2.75) is 99.7 Å². The number of hydrogen-bond donors (Lipinski definition) is 1. The molecular formula is C23H42BNO3. The molecule has 1 rings (SSSR count). The highest BCUT2D eigenvalue weighted by Gasteiger charge is 2.36. The van der Waals surface area contributed by atoms with Gasteiger partial charge in [0.15, 0.2) is 0 Å². The maximum Gasteiger partial charge on any atom is 0.311 e. The highest BCUT2D eigenvalue weighted by Crippen LogP contribution is 2.39. The summed E-state index contributed by atoms with van der Waals surface area (Å²) in [5.74, 6) is 0.670. The Morgan fingerprint density at radius 2 is 1.61 bits per heavy atom. The molecule has 4 nitrogen and oxygen atoms in total. The summed E-state index contributed by atoms with van der Waals surface area (Å²) in [6, 6.07) is 1.99. The highest BCUT2D eigenvalue weighted by molar-refractivity contribution is 6.47. The van der Waals surface area contributed by atoms with Crippen LogP contribution in [-0.2, 0) is 4.65 Å². The van der Waals surface area contributed by atoms with Gasteiger partial charge in [-0.25, -0.2) is 4.98 Å². The highest BCUT2D eigenvalue weighted by atomic mass is 16.5. The van der Waals surface area contributed by atoms with Gasteiger partial charge in [-0.1, -0.05) is 34.6 Å². The summed E-state index contributed by atoms with van der Waals surface area (Å²) in [7, 11) is 0.411. The van der Waals surface area contributed by atoms with E-state index in [1.165, 1.54) is 0 Å². The van der Waals surface area contributed by atoms with Crippen LogP contribution in [0.3, 0.4) is 0 Å². The standard InChI is InChI=1S/C23H42BNO3/c1-11-23(12-2,15-20(4,5)6)16-27-19-13-17(3)18(14-25-19)24-28-22(9,10)21(7,8)26/h13-14,24,26H,11-12,15-16H2,1-10H3. The van der Waals surface area contributed by atoms with E-state index in [2.05, 4.69) is 39.6 Å². The molecular weight excluding hydrogens is 349 g/mol. The number of hydrogen-bond acceptors (Lipinski definition) is 4. The number of aryl methyl sites for hydroxylation is 1. The van der Waals surface area contributed by atoms with Crippen LogP contribution in [-0.4, -0.2) is 35.4 Å². The normalized spacial score (nSPS) is 13.5. The van der Waals surface area contributed by atoms with Crippen LogP contribution in [0.5, 0.6) is 5.88 Å². The van der Waals surface area contributed by atoms with Gasteiger partial charge in [0, 0.05) is 17.7 Å². The molecule has 1 N–H and O–H groups in total. The van der Waals surface area contributed by atoms with Crippen LogP contribution >= 0.6 is 0 Å². The molecule has 0 spiro atoms. The molecule has 1 aromatic rings. The largest absolute Gasteiger partial charge is 0.477 e. The zero-order chi connectivity index (χ0) is 21.8. The van der Waals surface area contributed by atoms with Crippen molar-refractivity contribution in [1.82, 2.24) is 4.98 Å². The van der Waals surface area contributed by atoms with Crippen molar-refractivity contribution >= 4 is 12.9 Å². The van der Waals surface area contributed by atoms with Gasteiger partial charge in [-0.2, -0.15) is 0 Å². The molecule has 0 atom stereocenters. The smallest absolute Gasteiger partial charge is 0.311 e. The number of ether oxygens (including phenoxy) is 1. The van der Waals surface area contributed by atoms with Crippen molar-refractivity contribution in [2.75, 3.05) is 6.61 Å². The quantitative estimate of drug-likeness (QED) is 0.595. The van der Waals surface area contributed by atoms with Crippen LogP contribution in [0.15, 0.2) is 12.3 Å². The molecule has 0 fully saturated rings. The Morgan fingerprint density at radius 3 is 2.04 bits per heavy atom. The van der Waals surface area contributed by atoms with E-state index in [9.17, 15) is 5.11 Å². The minimum absolute atomic E-state index is 0.173. The lowest BCUT2D eigenvalue weighted by atomic mass is 9.71. The van der Waals surface area contributed by atoms with Crippen molar-refractivity contribution in [3.05, 3.63) is 17.8 Å². The van der Waals surface area contributed by atoms with E-state index >= 15 is 0 Å². The van der Waals surface area contributed by atoms with Gasteiger partial charge in [0.2, 0.25) is 5.88 Å². The monoisotopic (exact) mass is 391 g/mol.